The number of fused-ring (bicyclic) bond motifs is 1. The summed E-state index contributed by atoms with van der Waals surface area (Å²) in [5.74, 6) is -2.08. The van der Waals surface area contributed by atoms with E-state index in [9.17, 15) is 18.4 Å². The minimum atomic E-state index is -0.833. The smallest absolute Gasteiger partial charge is 0.255 e. The number of rotatable bonds is 2. The molecule has 1 heterocycles. The van der Waals surface area contributed by atoms with E-state index in [1.807, 2.05) is 0 Å². The summed E-state index contributed by atoms with van der Waals surface area (Å²) in [7, 11) is 0. The Balaban J connectivity index is 1.83. The van der Waals surface area contributed by atoms with E-state index in [4.69, 9.17) is 0 Å². The third kappa shape index (κ3) is 3.36. The van der Waals surface area contributed by atoms with E-state index in [1.165, 1.54) is 6.07 Å². The molecule has 0 bridgehead atoms. The van der Waals surface area contributed by atoms with Crippen LogP contribution < -0.4 is 10.6 Å². The number of aryl methyl sites for hydroxylation is 1. The number of benzene rings is 2. The van der Waals surface area contributed by atoms with Gasteiger partial charge >= 0.3 is 0 Å². The lowest BCUT2D eigenvalue weighted by atomic mass is 10.0. The van der Waals surface area contributed by atoms with Crippen molar-refractivity contribution in [2.45, 2.75) is 19.3 Å². The van der Waals surface area contributed by atoms with Crippen molar-refractivity contribution in [1.82, 2.24) is 0 Å². The Morgan fingerprint density at radius 3 is 2.70 bits per heavy atom. The first-order valence-electron chi connectivity index (χ1n) is 7.22. The molecule has 0 aromatic heterocycles. The van der Waals surface area contributed by atoms with Gasteiger partial charge in [-0.1, -0.05) is 0 Å². The molecule has 2 aromatic rings. The molecular weight excluding hydrogens is 302 g/mol. The molecule has 2 aromatic carbocycles. The van der Waals surface area contributed by atoms with Gasteiger partial charge in [0.15, 0.2) is 0 Å². The van der Waals surface area contributed by atoms with Gasteiger partial charge in [-0.15, -0.1) is 0 Å². The minimum Gasteiger partial charge on any atom is -0.326 e. The van der Waals surface area contributed by atoms with Crippen LogP contribution in [0.25, 0.3) is 0 Å². The standard InChI is InChI=1S/C17H14F2N2O2/c18-12-5-7-15(13(19)9-12)21-17(23)11-4-6-14-10(8-11)2-1-3-16(22)20-14/h4-9H,1-3H2,(H,20,22)(H,21,23). The number of carbonyl (C=O) groups excluding carboxylic acids is 2. The van der Waals surface area contributed by atoms with E-state index in [2.05, 4.69) is 10.6 Å². The fraction of sp³-hybridized carbons (Fsp3) is 0.176. The van der Waals surface area contributed by atoms with Crippen LogP contribution in [0.15, 0.2) is 36.4 Å². The summed E-state index contributed by atoms with van der Waals surface area (Å²) < 4.78 is 26.5. The molecule has 0 aliphatic carbocycles. The van der Waals surface area contributed by atoms with Crippen LogP contribution in [0.4, 0.5) is 20.2 Å². The number of carbonyl (C=O) groups is 2. The number of anilines is 2. The molecule has 118 valence electrons. The monoisotopic (exact) mass is 316 g/mol. The van der Waals surface area contributed by atoms with E-state index < -0.39 is 17.5 Å². The summed E-state index contributed by atoms with van der Waals surface area (Å²) in [6.45, 7) is 0. The van der Waals surface area contributed by atoms with Crippen LogP contribution >= 0.6 is 0 Å². The van der Waals surface area contributed by atoms with Gasteiger partial charge < -0.3 is 10.6 Å². The van der Waals surface area contributed by atoms with Gasteiger partial charge in [-0.2, -0.15) is 0 Å². The van der Waals surface area contributed by atoms with Crippen LogP contribution in [0.1, 0.15) is 28.8 Å². The van der Waals surface area contributed by atoms with E-state index in [0.29, 0.717) is 36.6 Å². The van der Waals surface area contributed by atoms with Crippen LogP contribution in [-0.4, -0.2) is 11.8 Å². The fourth-order valence-corrected chi connectivity index (χ4v) is 2.50. The van der Waals surface area contributed by atoms with Crippen LogP contribution in [0, 0.1) is 11.6 Å². The van der Waals surface area contributed by atoms with Crippen molar-refractivity contribution in [3.8, 4) is 0 Å². The highest BCUT2D eigenvalue weighted by Gasteiger charge is 2.16. The minimum absolute atomic E-state index is 0.0469. The maximum Gasteiger partial charge on any atom is 0.255 e. The number of hydrogen-bond donors (Lipinski definition) is 2. The summed E-state index contributed by atoms with van der Waals surface area (Å²) >= 11 is 0. The third-order valence-electron chi connectivity index (χ3n) is 3.67. The SMILES string of the molecule is O=C1CCCc2cc(C(=O)Nc3ccc(F)cc3F)ccc2N1. The Hall–Kier alpha value is -2.76. The highest BCUT2D eigenvalue weighted by molar-refractivity contribution is 6.05. The molecule has 0 saturated carbocycles. The van der Waals surface area contributed by atoms with Gasteiger partial charge in [0.2, 0.25) is 5.91 Å². The van der Waals surface area contributed by atoms with E-state index in [-0.39, 0.29) is 11.6 Å². The average Bonchev–Trinajstić information content (AvgIpc) is 2.69. The van der Waals surface area contributed by atoms with Crippen molar-refractivity contribution in [3.63, 3.8) is 0 Å². The second-order valence-electron chi connectivity index (χ2n) is 5.35. The Kier molecular flexibility index (Phi) is 4.06. The summed E-state index contributed by atoms with van der Waals surface area (Å²) in [4.78, 5) is 23.7. The zero-order valence-electron chi connectivity index (χ0n) is 12.2. The summed E-state index contributed by atoms with van der Waals surface area (Å²) in [5.41, 5.74) is 1.82. The van der Waals surface area contributed by atoms with Crippen LogP contribution in [0.5, 0.6) is 0 Å². The topological polar surface area (TPSA) is 58.2 Å². The normalized spacial score (nSPS) is 13.7. The Morgan fingerprint density at radius 1 is 1.09 bits per heavy atom. The van der Waals surface area contributed by atoms with Gasteiger partial charge in [0, 0.05) is 23.7 Å². The summed E-state index contributed by atoms with van der Waals surface area (Å²) in [6.07, 6.45) is 1.83. The van der Waals surface area contributed by atoms with Gasteiger partial charge in [0.05, 0.1) is 5.69 Å². The molecule has 23 heavy (non-hydrogen) atoms. The van der Waals surface area contributed by atoms with Crippen molar-refractivity contribution in [2.75, 3.05) is 10.6 Å². The van der Waals surface area contributed by atoms with Gasteiger partial charge in [0.1, 0.15) is 11.6 Å². The van der Waals surface area contributed by atoms with Crippen LogP contribution in [0.3, 0.4) is 0 Å². The molecule has 0 fully saturated rings. The molecule has 1 aliphatic heterocycles. The maximum atomic E-state index is 13.6. The quantitative estimate of drug-likeness (QED) is 0.891. The molecule has 0 radical (unpaired) electrons. The molecule has 6 heteroatoms. The first-order valence-corrected chi connectivity index (χ1v) is 7.22. The fourth-order valence-electron chi connectivity index (χ4n) is 2.50. The van der Waals surface area contributed by atoms with Gasteiger partial charge in [-0.05, 0) is 48.7 Å². The number of hydrogen-bond acceptors (Lipinski definition) is 2. The van der Waals surface area contributed by atoms with Crippen molar-refractivity contribution in [2.24, 2.45) is 0 Å². The van der Waals surface area contributed by atoms with Crippen molar-refractivity contribution in [1.29, 1.82) is 0 Å². The van der Waals surface area contributed by atoms with E-state index in [0.717, 1.165) is 11.6 Å². The first kappa shape index (κ1) is 15.1. The highest BCUT2D eigenvalue weighted by atomic mass is 19.1. The average molecular weight is 316 g/mol. The van der Waals surface area contributed by atoms with Gasteiger partial charge in [-0.25, -0.2) is 8.78 Å². The molecule has 0 saturated heterocycles. The zero-order valence-corrected chi connectivity index (χ0v) is 12.2. The number of halogens is 2. The Morgan fingerprint density at radius 2 is 1.91 bits per heavy atom. The second-order valence-corrected chi connectivity index (χ2v) is 5.35. The lowest BCUT2D eigenvalue weighted by molar-refractivity contribution is -0.116. The zero-order chi connectivity index (χ0) is 16.4. The largest absolute Gasteiger partial charge is 0.326 e. The molecule has 3 rings (SSSR count). The van der Waals surface area contributed by atoms with Gasteiger partial charge in [0.25, 0.3) is 5.91 Å². The third-order valence-corrected chi connectivity index (χ3v) is 3.67. The van der Waals surface area contributed by atoms with E-state index in [1.54, 1.807) is 18.2 Å². The first-order chi connectivity index (χ1) is 11.0. The lowest BCUT2D eigenvalue weighted by Gasteiger charge is -2.10. The lowest BCUT2D eigenvalue weighted by Crippen LogP contribution is -2.14. The molecule has 0 unspecified atom stereocenters. The van der Waals surface area contributed by atoms with Crippen molar-refractivity contribution >= 4 is 23.2 Å². The summed E-state index contributed by atoms with van der Waals surface area (Å²) in [6, 6.07) is 7.85. The summed E-state index contributed by atoms with van der Waals surface area (Å²) in [5, 5.41) is 5.20. The van der Waals surface area contributed by atoms with E-state index >= 15 is 0 Å². The van der Waals surface area contributed by atoms with Crippen molar-refractivity contribution < 1.29 is 18.4 Å². The van der Waals surface area contributed by atoms with Crippen LogP contribution in [0.2, 0.25) is 0 Å². The molecule has 0 spiro atoms. The highest BCUT2D eigenvalue weighted by Crippen LogP contribution is 2.24. The predicted molar refractivity (Wildman–Crippen MR) is 82.3 cm³/mol. The molecule has 1 aliphatic rings. The molecule has 2 amide bonds. The van der Waals surface area contributed by atoms with Crippen LogP contribution in [-0.2, 0) is 11.2 Å². The maximum absolute atomic E-state index is 13.6. The number of amides is 2. The second kappa shape index (κ2) is 6.16. The Labute approximate surface area is 131 Å². The number of nitrogens with one attached hydrogen (secondary N) is 2. The molecule has 0 atom stereocenters. The molecular formula is C17H14F2N2O2. The Bertz CT molecular complexity index is 790. The molecule has 4 nitrogen and oxygen atoms in total. The van der Waals surface area contributed by atoms with Gasteiger partial charge in [-0.3, -0.25) is 9.59 Å². The predicted octanol–water partition coefficient (Wildman–Crippen LogP) is 3.49. The molecule has 2 N–H and O–H groups in total. The van der Waals surface area contributed by atoms with Crippen molar-refractivity contribution in [3.05, 3.63) is 59.2 Å².